The molecule has 0 spiro atoms. The fraction of sp³-hybridized carbons (Fsp3) is 0.100. The minimum absolute atomic E-state index is 0.342. The molecule has 0 amide bonds. The highest BCUT2D eigenvalue weighted by molar-refractivity contribution is 5.59. The Labute approximate surface area is 86.2 Å². The van der Waals surface area contributed by atoms with E-state index < -0.39 is 0 Å². The van der Waals surface area contributed by atoms with Crippen LogP contribution < -0.4 is 5.32 Å². The quantitative estimate of drug-likeness (QED) is 0.809. The summed E-state index contributed by atoms with van der Waals surface area (Å²) in [6, 6.07) is 2.94. The lowest BCUT2D eigenvalue weighted by molar-refractivity contribution is 0.628. The van der Waals surface area contributed by atoms with E-state index in [2.05, 4.69) is 20.3 Å². The van der Waals surface area contributed by atoms with Crippen molar-refractivity contribution >= 4 is 5.95 Å². The van der Waals surface area contributed by atoms with E-state index in [1.807, 2.05) is 0 Å². The lowest BCUT2D eigenvalue weighted by Gasteiger charge is -2.03. The summed E-state index contributed by atoms with van der Waals surface area (Å²) in [5.41, 5.74) is 0.886. The van der Waals surface area contributed by atoms with E-state index >= 15 is 0 Å². The van der Waals surface area contributed by atoms with Crippen molar-refractivity contribution in [1.82, 2.24) is 15.0 Å². The predicted molar refractivity (Wildman–Crippen MR) is 54.8 cm³/mol. The lowest BCUT2D eigenvalue weighted by Crippen LogP contribution is -1.97. The molecule has 4 nitrogen and oxygen atoms in total. The molecule has 0 unspecified atom stereocenters. The lowest BCUT2D eigenvalue weighted by atomic mass is 10.2. The molecule has 0 radical (unpaired) electrons. The Balaban J connectivity index is 2.49. The van der Waals surface area contributed by atoms with Gasteiger partial charge in [0.1, 0.15) is 5.82 Å². The molecule has 15 heavy (non-hydrogen) atoms. The van der Waals surface area contributed by atoms with Crippen LogP contribution in [0.2, 0.25) is 0 Å². The molecule has 0 aromatic carbocycles. The maximum atomic E-state index is 13.4. The largest absolute Gasteiger partial charge is 0.357 e. The molecular weight excluding hydrogens is 195 g/mol. The number of anilines is 1. The van der Waals surface area contributed by atoms with Crippen LogP contribution in [0.4, 0.5) is 10.3 Å². The van der Waals surface area contributed by atoms with Crippen molar-refractivity contribution in [3.8, 4) is 11.3 Å². The van der Waals surface area contributed by atoms with Crippen LogP contribution in [-0.4, -0.2) is 22.0 Å². The summed E-state index contributed by atoms with van der Waals surface area (Å²) < 4.78 is 13.4. The van der Waals surface area contributed by atoms with Gasteiger partial charge in [-0.1, -0.05) is 0 Å². The van der Waals surface area contributed by atoms with E-state index in [-0.39, 0.29) is 5.82 Å². The summed E-state index contributed by atoms with van der Waals surface area (Å²) in [5, 5.41) is 2.79. The van der Waals surface area contributed by atoms with Gasteiger partial charge in [0, 0.05) is 25.6 Å². The van der Waals surface area contributed by atoms with Gasteiger partial charge in [-0.2, -0.15) is 0 Å². The van der Waals surface area contributed by atoms with Crippen LogP contribution in [0.25, 0.3) is 11.3 Å². The van der Waals surface area contributed by atoms with Gasteiger partial charge in [0.05, 0.1) is 11.3 Å². The van der Waals surface area contributed by atoms with Crippen LogP contribution in [-0.2, 0) is 0 Å². The summed E-state index contributed by atoms with van der Waals surface area (Å²) in [6.07, 6.45) is 4.41. The second kappa shape index (κ2) is 4.00. The SMILES string of the molecule is CNc1nccc(-c2cnccc2F)n1. The van der Waals surface area contributed by atoms with Gasteiger partial charge in [-0.15, -0.1) is 0 Å². The summed E-state index contributed by atoms with van der Waals surface area (Å²) in [5.74, 6) is 0.113. The zero-order valence-corrected chi connectivity index (χ0v) is 8.11. The van der Waals surface area contributed by atoms with Gasteiger partial charge in [0.2, 0.25) is 5.95 Å². The van der Waals surface area contributed by atoms with Crippen molar-refractivity contribution in [1.29, 1.82) is 0 Å². The molecular formula is C10H9FN4. The van der Waals surface area contributed by atoms with Crippen molar-refractivity contribution in [3.05, 3.63) is 36.5 Å². The zero-order chi connectivity index (χ0) is 10.7. The highest BCUT2D eigenvalue weighted by Crippen LogP contribution is 2.19. The summed E-state index contributed by atoms with van der Waals surface area (Å²) >= 11 is 0. The number of hydrogen-bond acceptors (Lipinski definition) is 4. The van der Waals surface area contributed by atoms with E-state index in [4.69, 9.17) is 0 Å². The van der Waals surface area contributed by atoms with Gasteiger partial charge >= 0.3 is 0 Å². The van der Waals surface area contributed by atoms with E-state index in [0.717, 1.165) is 0 Å². The van der Waals surface area contributed by atoms with Gasteiger partial charge in [0.25, 0.3) is 0 Å². The number of aromatic nitrogens is 3. The van der Waals surface area contributed by atoms with Crippen molar-refractivity contribution < 1.29 is 4.39 Å². The van der Waals surface area contributed by atoms with Crippen molar-refractivity contribution in [2.45, 2.75) is 0 Å². The van der Waals surface area contributed by atoms with E-state index in [0.29, 0.717) is 17.2 Å². The first-order chi connectivity index (χ1) is 7.31. The molecule has 0 atom stereocenters. The van der Waals surface area contributed by atoms with Crippen LogP contribution >= 0.6 is 0 Å². The van der Waals surface area contributed by atoms with E-state index in [1.54, 1.807) is 19.3 Å². The van der Waals surface area contributed by atoms with Gasteiger partial charge in [-0.3, -0.25) is 4.98 Å². The van der Waals surface area contributed by atoms with E-state index in [9.17, 15) is 4.39 Å². The first-order valence-electron chi connectivity index (χ1n) is 4.42. The molecule has 0 saturated heterocycles. The number of rotatable bonds is 2. The predicted octanol–water partition coefficient (Wildman–Crippen LogP) is 1.72. The summed E-state index contributed by atoms with van der Waals surface area (Å²) in [6.45, 7) is 0. The third kappa shape index (κ3) is 1.90. The molecule has 2 aromatic heterocycles. The van der Waals surface area contributed by atoms with Crippen LogP contribution in [0.1, 0.15) is 0 Å². The average molecular weight is 204 g/mol. The Bertz CT molecular complexity index is 472. The number of pyridine rings is 1. The molecule has 1 N–H and O–H groups in total. The molecule has 0 bridgehead atoms. The first kappa shape index (κ1) is 9.51. The standard InChI is InChI=1S/C10H9FN4/c1-12-10-14-5-3-9(15-10)7-6-13-4-2-8(7)11/h2-6H,1H3,(H,12,14,15). The number of hydrogen-bond donors (Lipinski definition) is 1. The monoisotopic (exact) mass is 204 g/mol. The van der Waals surface area contributed by atoms with Gasteiger partial charge in [-0.25, -0.2) is 14.4 Å². The molecule has 0 aliphatic heterocycles. The molecule has 0 aliphatic rings. The van der Waals surface area contributed by atoms with Crippen LogP contribution in [0.3, 0.4) is 0 Å². The first-order valence-corrected chi connectivity index (χ1v) is 4.42. The average Bonchev–Trinajstić information content (AvgIpc) is 2.30. The zero-order valence-electron chi connectivity index (χ0n) is 8.11. The Hall–Kier alpha value is -2.04. The maximum Gasteiger partial charge on any atom is 0.222 e. The molecule has 0 saturated carbocycles. The Kier molecular flexibility index (Phi) is 2.53. The Morgan fingerprint density at radius 1 is 1.27 bits per heavy atom. The molecule has 2 aromatic rings. The fourth-order valence-corrected chi connectivity index (χ4v) is 1.20. The molecule has 2 heterocycles. The topological polar surface area (TPSA) is 50.7 Å². The minimum Gasteiger partial charge on any atom is -0.357 e. The molecule has 0 aliphatic carbocycles. The van der Waals surface area contributed by atoms with Crippen LogP contribution in [0.15, 0.2) is 30.7 Å². The number of nitrogens with one attached hydrogen (secondary N) is 1. The van der Waals surface area contributed by atoms with Crippen LogP contribution in [0, 0.1) is 5.82 Å². The second-order valence-electron chi connectivity index (χ2n) is 2.87. The number of halogens is 1. The highest BCUT2D eigenvalue weighted by Gasteiger charge is 2.06. The third-order valence-electron chi connectivity index (χ3n) is 1.92. The maximum absolute atomic E-state index is 13.4. The van der Waals surface area contributed by atoms with Crippen molar-refractivity contribution in [2.24, 2.45) is 0 Å². The fourth-order valence-electron chi connectivity index (χ4n) is 1.20. The molecule has 0 fully saturated rings. The number of nitrogens with zero attached hydrogens (tertiary/aromatic N) is 3. The third-order valence-corrected chi connectivity index (χ3v) is 1.92. The van der Waals surface area contributed by atoms with Gasteiger partial charge in [0.15, 0.2) is 0 Å². The second-order valence-corrected chi connectivity index (χ2v) is 2.87. The highest BCUT2D eigenvalue weighted by atomic mass is 19.1. The minimum atomic E-state index is -0.342. The molecule has 5 heteroatoms. The van der Waals surface area contributed by atoms with E-state index in [1.165, 1.54) is 18.5 Å². The van der Waals surface area contributed by atoms with Gasteiger partial charge < -0.3 is 5.32 Å². The summed E-state index contributed by atoms with van der Waals surface area (Å²) in [4.78, 5) is 11.9. The van der Waals surface area contributed by atoms with Gasteiger partial charge in [-0.05, 0) is 12.1 Å². The van der Waals surface area contributed by atoms with Crippen molar-refractivity contribution in [3.63, 3.8) is 0 Å². The Morgan fingerprint density at radius 2 is 2.13 bits per heavy atom. The smallest absolute Gasteiger partial charge is 0.222 e. The molecule has 76 valence electrons. The summed E-state index contributed by atoms with van der Waals surface area (Å²) in [7, 11) is 1.71. The molecule has 2 rings (SSSR count). The van der Waals surface area contributed by atoms with Crippen LogP contribution in [0.5, 0.6) is 0 Å². The normalized spacial score (nSPS) is 10.0. The van der Waals surface area contributed by atoms with Crippen molar-refractivity contribution in [2.75, 3.05) is 12.4 Å². The Morgan fingerprint density at radius 3 is 2.87 bits per heavy atom.